The van der Waals surface area contributed by atoms with E-state index in [-0.39, 0.29) is 17.9 Å². The van der Waals surface area contributed by atoms with Crippen molar-refractivity contribution in [3.8, 4) is 5.75 Å². The summed E-state index contributed by atoms with van der Waals surface area (Å²) in [4.78, 5) is 12.4. The zero-order chi connectivity index (χ0) is 15.5. The Kier molecular flexibility index (Phi) is 4.67. The topological polar surface area (TPSA) is 64.3 Å². The van der Waals surface area contributed by atoms with Crippen LogP contribution in [0.2, 0.25) is 0 Å². The van der Waals surface area contributed by atoms with Gasteiger partial charge in [0.25, 0.3) is 0 Å². The average molecular weight is 302 g/mol. The molecule has 22 heavy (non-hydrogen) atoms. The van der Waals surface area contributed by atoms with E-state index in [9.17, 15) is 4.79 Å². The number of nitrogens with one attached hydrogen (secondary N) is 1. The molecule has 0 saturated heterocycles. The Morgan fingerprint density at radius 2 is 2.00 bits per heavy atom. The first kappa shape index (κ1) is 15.3. The zero-order valence-corrected chi connectivity index (χ0v) is 13.3. The van der Waals surface area contributed by atoms with Crippen LogP contribution in [0, 0.1) is 17.8 Å². The van der Waals surface area contributed by atoms with E-state index in [4.69, 9.17) is 10.5 Å². The van der Waals surface area contributed by atoms with Gasteiger partial charge in [-0.05, 0) is 55.2 Å². The van der Waals surface area contributed by atoms with Gasteiger partial charge in [-0.15, -0.1) is 0 Å². The van der Waals surface area contributed by atoms with Gasteiger partial charge in [-0.2, -0.15) is 0 Å². The maximum absolute atomic E-state index is 12.4. The van der Waals surface area contributed by atoms with E-state index < -0.39 is 0 Å². The van der Waals surface area contributed by atoms with Gasteiger partial charge in [0.05, 0.1) is 12.5 Å². The van der Waals surface area contributed by atoms with Crippen molar-refractivity contribution >= 4 is 5.91 Å². The van der Waals surface area contributed by atoms with E-state index in [1.807, 2.05) is 24.3 Å². The van der Waals surface area contributed by atoms with Crippen LogP contribution >= 0.6 is 0 Å². The third-order valence-electron chi connectivity index (χ3n) is 5.15. The van der Waals surface area contributed by atoms with Gasteiger partial charge < -0.3 is 15.8 Å². The van der Waals surface area contributed by atoms with Gasteiger partial charge in [-0.1, -0.05) is 19.1 Å². The van der Waals surface area contributed by atoms with Crippen LogP contribution in [0.25, 0.3) is 0 Å². The second kappa shape index (κ2) is 6.69. The van der Waals surface area contributed by atoms with Gasteiger partial charge in [0, 0.05) is 12.6 Å². The number of carbonyl (C=O) groups excluding carboxylic acids is 1. The molecule has 2 aliphatic carbocycles. The van der Waals surface area contributed by atoms with Crippen LogP contribution in [-0.4, -0.2) is 18.6 Å². The highest BCUT2D eigenvalue weighted by atomic mass is 16.5. The number of fused-ring (bicyclic) bond motifs is 2. The summed E-state index contributed by atoms with van der Waals surface area (Å²) in [5.41, 5.74) is 7.31. The molecule has 4 heteroatoms. The fourth-order valence-corrected chi connectivity index (χ4v) is 3.96. The highest BCUT2D eigenvalue weighted by Gasteiger charge is 2.48. The lowest BCUT2D eigenvalue weighted by Gasteiger charge is -2.27. The molecule has 0 heterocycles. The molecule has 3 rings (SSSR count). The highest BCUT2D eigenvalue weighted by Crippen LogP contribution is 2.47. The van der Waals surface area contributed by atoms with Gasteiger partial charge in [-0.3, -0.25) is 4.79 Å². The Bertz CT molecular complexity index is 512. The fourth-order valence-electron chi connectivity index (χ4n) is 3.96. The first-order chi connectivity index (χ1) is 10.7. The maximum Gasteiger partial charge on any atom is 0.225 e. The lowest BCUT2D eigenvalue weighted by atomic mass is 9.84. The SMILES string of the molecule is CCCOc1ccc(CNC(=O)C2C3CCC(C3)C2N)cc1. The highest BCUT2D eigenvalue weighted by molar-refractivity contribution is 5.80. The lowest BCUT2D eigenvalue weighted by Crippen LogP contribution is -2.45. The normalized spacial score (nSPS) is 29.5. The van der Waals surface area contributed by atoms with Crippen molar-refractivity contribution in [2.75, 3.05) is 6.61 Å². The summed E-state index contributed by atoms with van der Waals surface area (Å²) in [5.74, 6) is 2.10. The quantitative estimate of drug-likeness (QED) is 0.848. The predicted octanol–water partition coefficient (Wildman–Crippen LogP) is 2.46. The van der Waals surface area contributed by atoms with Crippen LogP contribution in [-0.2, 0) is 11.3 Å². The van der Waals surface area contributed by atoms with Gasteiger partial charge in [-0.25, -0.2) is 0 Å². The van der Waals surface area contributed by atoms with Crippen LogP contribution in [0.15, 0.2) is 24.3 Å². The van der Waals surface area contributed by atoms with Crippen LogP contribution in [0.5, 0.6) is 5.75 Å². The molecule has 4 nitrogen and oxygen atoms in total. The number of hydrogen-bond acceptors (Lipinski definition) is 3. The van der Waals surface area contributed by atoms with E-state index >= 15 is 0 Å². The van der Waals surface area contributed by atoms with Gasteiger partial charge in [0.2, 0.25) is 5.91 Å². The van der Waals surface area contributed by atoms with Gasteiger partial charge >= 0.3 is 0 Å². The van der Waals surface area contributed by atoms with Crippen molar-refractivity contribution in [1.29, 1.82) is 0 Å². The summed E-state index contributed by atoms with van der Waals surface area (Å²) in [6.45, 7) is 3.38. The standard InChI is InChI=1S/C18H26N2O2/c1-2-9-22-15-7-3-12(4-8-15)11-20-18(21)16-13-5-6-14(10-13)17(16)19/h3-4,7-8,13-14,16-17H,2,5-6,9-11,19H2,1H3,(H,20,21). The Labute approximate surface area is 132 Å². The van der Waals surface area contributed by atoms with Gasteiger partial charge in [0.1, 0.15) is 5.75 Å². The molecule has 120 valence electrons. The van der Waals surface area contributed by atoms with Gasteiger partial charge in [0.15, 0.2) is 0 Å². The largest absolute Gasteiger partial charge is 0.494 e. The minimum Gasteiger partial charge on any atom is -0.494 e. The Balaban J connectivity index is 1.51. The van der Waals surface area contributed by atoms with Crippen molar-refractivity contribution in [2.45, 2.75) is 45.2 Å². The summed E-state index contributed by atoms with van der Waals surface area (Å²) >= 11 is 0. The first-order valence-electron chi connectivity index (χ1n) is 8.44. The van der Waals surface area contributed by atoms with E-state index in [1.54, 1.807) is 0 Å². The van der Waals surface area contributed by atoms with Crippen LogP contribution in [0.1, 0.15) is 38.2 Å². The molecule has 0 spiro atoms. The van der Waals surface area contributed by atoms with Crippen molar-refractivity contribution < 1.29 is 9.53 Å². The first-order valence-corrected chi connectivity index (χ1v) is 8.44. The minimum atomic E-state index is 0.0194. The summed E-state index contributed by atoms with van der Waals surface area (Å²) in [7, 11) is 0. The van der Waals surface area contributed by atoms with E-state index in [0.29, 0.717) is 18.4 Å². The number of amides is 1. The molecule has 1 aromatic rings. The Morgan fingerprint density at radius 3 is 2.64 bits per heavy atom. The third-order valence-corrected chi connectivity index (χ3v) is 5.15. The summed E-state index contributed by atoms with van der Waals surface area (Å²) in [5, 5.41) is 3.06. The van der Waals surface area contributed by atoms with E-state index in [1.165, 1.54) is 12.8 Å². The Morgan fingerprint density at radius 1 is 1.27 bits per heavy atom. The van der Waals surface area contributed by atoms with Crippen LogP contribution in [0.4, 0.5) is 0 Å². The molecule has 4 atom stereocenters. The molecule has 2 bridgehead atoms. The third kappa shape index (κ3) is 3.12. The molecule has 0 aromatic heterocycles. The molecule has 0 radical (unpaired) electrons. The smallest absolute Gasteiger partial charge is 0.225 e. The summed E-state index contributed by atoms with van der Waals surface area (Å²) in [6.07, 6.45) is 4.51. The maximum atomic E-state index is 12.4. The molecule has 0 aliphatic heterocycles. The Hall–Kier alpha value is -1.55. The second-order valence-corrected chi connectivity index (χ2v) is 6.65. The molecule has 2 saturated carbocycles. The lowest BCUT2D eigenvalue weighted by molar-refractivity contribution is -0.127. The molecule has 1 aromatic carbocycles. The summed E-state index contributed by atoms with van der Waals surface area (Å²) in [6, 6.07) is 7.99. The number of rotatable bonds is 6. The number of nitrogens with two attached hydrogens (primary N) is 1. The second-order valence-electron chi connectivity index (χ2n) is 6.65. The van der Waals surface area contributed by atoms with Crippen LogP contribution in [0.3, 0.4) is 0 Å². The molecule has 2 aliphatic rings. The van der Waals surface area contributed by atoms with Crippen molar-refractivity contribution in [2.24, 2.45) is 23.5 Å². The van der Waals surface area contributed by atoms with Crippen molar-refractivity contribution in [1.82, 2.24) is 5.32 Å². The predicted molar refractivity (Wildman–Crippen MR) is 86.4 cm³/mol. The van der Waals surface area contributed by atoms with Crippen molar-refractivity contribution in [3.63, 3.8) is 0 Å². The van der Waals surface area contributed by atoms with Crippen molar-refractivity contribution in [3.05, 3.63) is 29.8 Å². The molecule has 4 unspecified atom stereocenters. The number of carbonyl (C=O) groups is 1. The summed E-state index contributed by atoms with van der Waals surface area (Å²) < 4.78 is 5.56. The van der Waals surface area contributed by atoms with Crippen LogP contribution < -0.4 is 15.8 Å². The zero-order valence-electron chi connectivity index (χ0n) is 13.3. The number of benzene rings is 1. The molecular formula is C18H26N2O2. The monoisotopic (exact) mass is 302 g/mol. The van der Waals surface area contributed by atoms with E-state index in [2.05, 4.69) is 12.2 Å². The molecule has 1 amide bonds. The molecule has 2 fully saturated rings. The number of hydrogen-bond donors (Lipinski definition) is 2. The molecule has 3 N–H and O–H groups in total. The minimum absolute atomic E-state index is 0.0194. The number of ether oxygens (including phenoxy) is 1. The van der Waals surface area contributed by atoms with E-state index in [0.717, 1.165) is 30.8 Å². The average Bonchev–Trinajstić information content (AvgIpc) is 3.12. The fraction of sp³-hybridized carbons (Fsp3) is 0.611. The molecular weight excluding hydrogens is 276 g/mol.